The average molecular weight is 361 g/mol. The van der Waals surface area contributed by atoms with Gasteiger partial charge in [0.05, 0.1) is 4.92 Å². The van der Waals surface area contributed by atoms with Gasteiger partial charge in [-0.2, -0.15) is 0 Å². The Labute approximate surface area is 130 Å². The van der Waals surface area contributed by atoms with Crippen molar-refractivity contribution < 1.29 is 14.5 Å². The molecule has 2 N–H and O–H groups in total. The van der Waals surface area contributed by atoms with Crippen molar-refractivity contribution in [2.75, 3.05) is 18.4 Å². The number of halogens is 1. The molecule has 116 valence electrons. The average Bonchev–Trinajstić information content (AvgIpc) is 2.33. The van der Waals surface area contributed by atoms with Crippen LogP contribution in [0.2, 0.25) is 0 Å². The SMILES string of the molecule is CC(C)(C)OC(=O)NCCNc1ncc(Br)cc1[N+](=O)[O-]. The van der Waals surface area contributed by atoms with E-state index < -0.39 is 16.6 Å². The van der Waals surface area contributed by atoms with Crippen LogP contribution in [0.25, 0.3) is 0 Å². The molecule has 0 aromatic carbocycles. The fourth-order valence-corrected chi connectivity index (χ4v) is 1.68. The van der Waals surface area contributed by atoms with E-state index >= 15 is 0 Å². The second-order valence-electron chi connectivity index (χ2n) is 5.13. The van der Waals surface area contributed by atoms with Crippen molar-refractivity contribution >= 4 is 33.5 Å². The molecular formula is C12H17BrN4O4. The summed E-state index contributed by atoms with van der Waals surface area (Å²) in [6, 6.07) is 1.36. The summed E-state index contributed by atoms with van der Waals surface area (Å²) in [6.45, 7) is 5.83. The number of rotatable bonds is 5. The number of carbonyl (C=O) groups is 1. The molecule has 8 nitrogen and oxygen atoms in total. The lowest BCUT2D eigenvalue weighted by Gasteiger charge is -2.19. The number of pyridine rings is 1. The molecule has 0 radical (unpaired) electrons. The highest BCUT2D eigenvalue weighted by molar-refractivity contribution is 9.10. The molecule has 0 saturated carbocycles. The van der Waals surface area contributed by atoms with E-state index in [0.29, 0.717) is 4.47 Å². The number of carbonyl (C=O) groups excluding carboxylic acids is 1. The molecule has 1 aromatic rings. The molecule has 0 aliphatic carbocycles. The molecule has 0 atom stereocenters. The zero-order valence-electron chi connectivity index (χ0n) is 12.0. The molecular weight excluding hydrogens is 344 g/mol. The maximum Gasteiger partial charge on any atom is 0.407 e. The molecule has 0 aliphatic rings. The number of hydrogen-bond acceptors (Lipinski definition) is 6. The fraction of sp³-hybridized carbons (Fsp3) is 0.500. The summed E-state index contributed by atoms with van der Waals surface area (Å²) in [6.07, 6.45) is 0.916. The van der Waals surface area contributed by atoms with Crippen LogP contribution >= 0.6 is 15.9 Å². The normalized spacial score (nSPS) is 10.9. The fourth-order valence-electron chi connectivity index (χ4n) is 1.36. The lowest BCUT2D eigenvalue weighted by Crippen LogP contribution is -2.35. The molecule has 21 heavy (non-hydrogen) atoms. The number of amides is 1. The van der Waals surface area contributed by atoms with Crippen molar-refractivity contribution in [3.05, 3.63) is 26.9 Å². The number of nitrogens with one attached hydrogen (secondary N) is 2. The van der Waals surface area contributed by atoms with Gasteiger partial charge in [-0.1, -0.05) is 0 Å². The Morgan fingerprint density at radius 3 is 2.71 bits per heavy atom. The minimum absolute atomic E-state index is 0.137. The maximum absolute atomic E-state index is 11.4. The zero-order valence-corrected chi connectivity index (χ0v) is 13.6. The van der Waals surface area contributed by atoms with Crippen LogP contribution in [-0.2, 0) is 4.74 Å². The highest BCUT2D eigenvalue weighted by Crippen LogP contribution is 2.24. The van der Waals surface area contributed by atoms with Crippen molar-refractivity contribution in [3.63, 3.8) is 0 Å². The van der Waals surface area contributed by atoms with Gasteiger partial charge in [-0.25, -0.2) is 9.78 Å². The predicted molar refractivity (Wildman–Crippen MR) is 81.3 cm³/mol. The van der Waals surface area contributed by atoms with E-state index in [-0.39, 0.29) is 24.6 Å². The van der Waals surface area contributed by atoms with Crippen LogP contribution in [0.4, 0.5) is 16.3 Å². The van der Waals surface area contributed by atoms with Gasteiger partial charge in [0.2, 0.25) is 5.82 Å². The smallest absolute Gasteiger partial charge is 0.407 e. The molecule has 0 aliphatic heterocycles. The molecule has 0 bridgehead atoms. The third-order valence-corrected chi connectivity index (χ3v) is 2.55. The van der Waals surface area contributed by atoms with Crippen LogP contribution in [0.3, 0.4) is 0 Å². The van der Waals surface area contributed by atoms with Gasteiger partial charge < -0.3 is 15.4 Å². The monoisotopic (exact) mass is 360 g/mol. The first-order valence-electron chi connectivity index (χ1n) is 6.20. The summed E-state index contributed by atoms with van der Waals surface area (Å²) in [5.74, 6) is 0.147. The number of ether oxygens (including phenoxy) is 1. The Balaban J connectivity index is 2.47. The first kappa shape index (κ1) is 17.2. The van der Waals surface area contributed by atoms with Crippen molar-refractivity contribution in [1.29, 1.82) is 0 Å². The third-order valence-electron chi connectivity index (χ3n) is 2.12. The van der Waals surface area contributed by atoms with Gasteiger partial charge >= 0.3 is 11.8 Å². The van der Waals surface area contributed by atoms with Gasteiger partial charge in [-0.15, -0.1) is 0 Å². The maximum atomic E-state index is 11.4. The molecule has 0 saturated heterocycles. The second kappa shape index (κ2) is 7.21. The summed E-state index contributed by atoms with van der Waals surface area (Å²) in [4.78, 5) is 25.7. The number of anilines is 1. The van der Waals surface area contributed by atoms with E-state index in [1.54, 1.807) is 20.8 Å². The van der Waals surface area contributed by atoms with Crippen molar-refractivity contribution in [1.82, 2.24) is 10.3 Å². The minimum Gasteiger partial charge on any atom is -0.444 e. The van der Waals surface area contributed by atoms with Gasteiger partial charge in [0.25, 0.3) is 0 Å². The van der Waals surface area contributed by atoms with E-state index in [2.05, 4.69) is 31.5 Å². The standard InChI is InChI=1S/C12H17BrN4O4/c1-12(2,3)21-11(18)15-5-4-14-10-9(17(19)20)6-8(13)7-16-10/h6-7H,4-5H2,1-3H3,(H,14,16)(H,15,18). The first-order chi connectivity index (χ1) is 9.69. The van der Waals surface area contributed by atoms with Crippen LogP contribution in [0, 0.1) is 10.1 Å². The summed E-state index contributed by atoms with van der Waals surface area (Å²) in [5, 5.41) is 16.2. The van der Waals surface area contributed by atoms with E-state index in [4.69, 9.17) is 4.74 Å². The minimum atomic E-state index is -0.566. The molecule has 1 heterocycles. The van der Waals surface area contributed by atoms with E-state index in [0.717, 1.165) is 0 Å². The van der Waals surface area contributed by atoms with Crippen LogP contribution in [0.5, 0.6) is 0 Å². The Morgan fingerprint density at radius 2 is 2.14 bits per heavy atom. The van der Waals surface area contributed by atoms with Crippen LogP contribution in [0.15, 0.2) is 16.7 Å². The van der Waals surface area contributed by atoms with Crippen molar-refractivity contribution in [2.24, 2.45) is 0 Å². The molecule has 1 amide bonds. The molecule has 1 aromatic heterocycles. The summed E-state index contributed by atoms with van der Waals surface area (Å²) in [7, 11) is 0. The van der Waals surface area contributed by atoms with Crippen LogP contribution in [0.1, 0.15) is 20.8 Å². The number of nitrogens with zero attached hydrogens (tertiary/aromatic N) is 2. The van der Waals surface area contributed by atoms with Crippen LogP contribution < -0.4 is 10.6 Å². The molecule has 0 spiro atoms. The van der Waals surface area contributed by atoms with Gasteiger partial charge in [-0.05, 0) is 36.7 Å². The first-order valence-corrected chi connectivity index (χ1v) is 6.99. The van der Waals surface area contributed by atoms with E-state index in [9.17, 15) is 14.9 Å². The Morgan fingerprint density at radius 1 is 1.48 bits per heavy atom. The molecule has 0 unspecified atom stereocenters. The quantitative estimate of drug-likeness (QED) is 0.474. The number of alkyl carbamates (subject to hydrolysis) is 1. The Bertz CT molecular complexity index is 530. The summed E-state index contributed by atoms with van der Waals surface area (Å²) >= 11 is 3.13. The largest absolute Gasteiger partial charge is 0.444 e. The summed E-state index contributed by atoms with van der Waals surface area (Å²) < 4.78 is 5.58. The lowest BCUT2D eigenvalue weighted by atomic mass is 10.2. The number of nitro groups is 1. The van der Waals surface area contributed by atoms with E-state index in [1.165, 1.54) is 12.3 Å². The van der Waals surface area contributed by atoms with Gasteiger partial charge in [0.15, 0.2) is 0 Å². The highest BCUT2D eigenvalue weighted by atomic mass is 79.9. The van der Waals surface area contributed by atoms with Crippen molar-refractivity contribution in [2.45, 2.75) is 26.4 Å². The van der Waals surface area contributed by atoms with Crippen molar-refractivity contribution in [3.8, 4) is 0 Å². The second-order valence-corrected chi connectivity index (χ2v) is 6.05. The third kappa shape index (κ3) is 6.39. The van der Waals surface area contributed by atoms with Gasteiger partial charge in [0.1, 0.15) is 5.60 Å². The Hall–Kier alpha value is -1.90. The molecule has 0 fully saturated rings. The number of hydrogen-bond donors (Lipinski definition) is 2. The lowest BCUT2D eigenvalue weighted by molar-refractivity contribution is -0.384. The predicted octanol–water partition coefficient (Wildman–Crippen LogP) is 2.69. The number of aromatic nitrogens is 1. The molecule has 9 heteroatoms. The highest BCUT2D eigenvalue weighted by Gasteiger charge is 2.17. The molecule has 1 rings (SSSR count). The summed E-state index contributed by atoms with van der Waals surface area (Å²) in [5.41, 5.74) is -0.703. The Kier molecular flexibility index (Phi) is 5.89. The zero-order chi connectivity index (χ0) is 16.0. The van der Waals surface area contributed by atoms with Gasteiger partial charge in [0, 0.05) is 29.8 Å². The van der Waals surface area contributed by atoms with Gasteiger partial charge in [-0.3, -0.25) is 10.1 Å². The van der Waals surface area contributed by atoms with E-state index in [1.807, 2.05) is 0 Å². The van der Waals surface area contributed by atoms with Crippen LogP contribution in [-0.4, -0.2) is 34.7 Å². The topological polar surface area (TPSA) is 106 Å².